The van der Waals surface area contributed by atoms with Gasteiger partial charge >= 0.3 is 0 Å². The number of allylic oxidation sites excluding steroid dienone is 1. The fourth-order valence-electron chi connectivity index (χ4n) is 4.14. The van der Waals surface area contributed by atoms with Gasteiger partial charge < -0.3 is 15.0 Å². The van der Waals surface area contributed by atoms with Gasteiger partial charge in [0.25, 0.3) is 5.91 Å². The Labute approximate surface area is 184 Å². The molecule has 156 valence electrons. The van der Waals surface area contributed by atoms with Gasteiger partial charge in [-0.05, 0) is 51.1 Å². The predicted octanol–water partition coefficient (Wildman–Crippen LogP) is 4.96. The standard InChI is InChI=1S/C23H25BrN4O2/c1-5-27(6-2)22(29)20-14(3)25-23-26-17-9-7-8-10-18(17)28(23)21(20)16-13-15(24)11-12-19(16)30-4/h7-13,21H,5-6H2,1-4H3,(H,25,26)/t21-/m1/s1. The summed E-state index contributed by atoms with van der Waals surface area (Å²) in [5, 5.41) is 3.37. The van der Waals surface area contributed by atoms with Gasteiger partial charge in [0, 0.05) is 28.8 Å². The number of anilines is 1. The quantitative estimate of drug-likeness (QED) is 0.574. The summed E-state index contributed by atoms with van der Waals surface area (Å²) in [6.07, 6.45) is 0. The Morgan fingerprint density at radius 1 is 1.23 bits per heavy atom. The second kappa shape index (κ2) is 8.14. The summed E-state index contributed by atoms with van der Waals surface area (Å²) < 4.78 is 8.74. The lowest BCUT2D eigenvalue weighted by Gasteiger charge is -2.33. The predicted molar refractivity (Wildman–Crippen MR) is 123 cm³/mol. The molecule has 0 radical (unpaired) electrons. The van der Waals surface area contributed by atoms with Crippen LogP contribution in [0.3, 0.4) is 0 Å². The van der Waals surface area contributed by atoms with Crippen LogP contribution in [0.25, 0.3) is 11.0 Å². The Balaban J connectivity index is 2.03. The van der Waals surface area contributed by atoms with Crippen molar-refractivity contribution in [1.82, 2.24) is 14.5 Å². The van der Waals surface area contributed by atoms with Gasteiger partial charge in [-0.3, -0.25) is 9.36 Å². The summed E-state index contributed by atoms with van der Waals surface area (Å²) in [5.41, 5.74) is 4.26. The molecule has 1 atom stereocenters. The number of hydrogen-bond donors (Lipinski definition) is 1. The Morgan fingerprint density at radius 3 is 2.67 bits per heavy atom. The molecule has 0 unspecified atom stereocenters. The third kappa shape index (κ3) is 3.27. The third-order valence-corrected chi connectivity index (χ3v) is 6.09. The lowest BCUT2D eigenvalue weighted by Crippen LogP contribution is -2.38. The van der Waals surface area contributed by atoms with Gasteiger partial charge in [0.05, 0.1) is 29.8 Å². The Bertz CT molecular complexity index is 1150. The molecule has 3 aromatic rings. The highest BCUT2D eigenvalue weighted by molar-refractivity contribution is 9.10. The number of halogens is 1. The number of imidazole rings is 1. The molecule has 2 aromatic carbocycles. The second-order valence-electron chi connectivity index (χ2n) is 7.22. The van der Waals surface area contributed by atoms with Crippen LogP contribution in [0.4, 0.5) is 5.95 Å². The molecule has 0 spiro atoms. The molecule has 4 rings (SSSR count). The topological polar surface area (TPSA) is 59.4 Å². The van der Waals surface area contributed by atoms with Crippen LogP contribution in [0.2, 0.25) is 0 Å². The molecule has 1 amide bonds. The number of ether oxygens (including phenoxy) is 1. The van der Waals surface area contributed by atoms with Gasteiger partial charge in [-0.2, -0.15) is 0 Å². The number of carbonyl (C=O) groups excluding carboxylic acids is 1. The fourth-order valence-corrected chi connectivity index (χ4v) is 4.51. The maximum atomic E-state index is 13.6. The van der Waals surface area contributed by atoms with Crippen LogP contribution in [0.15, 0.2) is 58.2 Å². The Hall–Kier alpha value is -2.80. The van der Waals surface area contributed by atoms with Crippen molar-refractivity contribution in [2.45, 2.75) is 26.8 Å². The number of hydrogen-bond acceptors (Lipinski definition) is 4. The van der Waals surface area contributed by atoms with Crippen LogP contribution in [-0.2, 0) is 4.79 Å². The number of amides is 1. The molecule has 0 saturated heterocycles. The molecule has 1 aliphatic rings. The van der Waals surface area contributed by atoms with E-state index in [-0.39, 0.29) is 11.9 Å². The molecule has 0 saturated carbocycles. The van der Waals surface area contributed by atoms with E-state index in [0.29, 0.717) is 18.7 Å². The third-order valence-electron chi connectivity index (χ3n) is 5.60. The van der Waals surface area contributed by atoms with E-state index in [9.17, 15) is 4.79 Å². The summed E-state index contributed by atoms with van der Waals surface area (Å²) in [7, 11) is 1.66. The van der Waals surface area contributed by atoms with Crippen molar-refractivity contribution < 1.29 is 9.53 Å². The van der Waals surface area contributed by atoms with E-state index in [0.717, 1.165) is 38.5 Å². The molecule has 6 nitrogen and oxygen atoms in total. The van der Waals surface area contributed by atoms with Crippen LogP contribution in [0.1, 0.15) is 32.4 Å². The normalized spacial score (nSPS) is 15.7. The van der Waals surface area contributed by atoms with Crippen molar-refractivity contribution >= 4 is 38.8 Å². The highest BCUT2D eigenvalue weighted by atomic mass is 79.9. The smallest absolute Gasteiger partial charge is 0.253 e. The van der Waals surface area contributed by atoms with E-state index in [4.69, 9.17) is 9.72 Å². The number of carbonyl (C=O) groups is 1. The van der Waals surface area contributed by atoms with E-state index >= 15 is 0 Å². The lowest BCUT2D eigenvalue weighted by molar-refractivity contribution is -0.127. The highest BCUT2D eigenvalue weighted by Gasteiger charge is 2.37. The Kier molecular flexibility index (Phi) is 5.56. The zero-order valence-electron chi connectivity index (χ0n) is 17.6. The molecule has 7 heteroatoms. The van der Waals surface area contributed by atoms with E-state index in [1.807, 2.05) is 68.1 Å². The SMILES string of the molecule is CCN(CC)C(=O)C1=C(C)Nc2nc3ccccc3n2[C@@H]1c1cc(Br)ccc1OC. The largest absolute Gasteiger partial charge is 0.496 e. The molecule has 1 aliphatic heterocycles. The summed E-state index contributed by atoms with van der Waals surface area (Å²) in [6.45, 7) is 7.23. The minimum absolute atomic E-state index is 0.0143. The average molecular weight is 469 g/mol. The van der Waals surface area contributed by atoms with Gasteiger partial charge in [-0.25, -0.2) is 4.98 Å². The number of aromatic nitrogens is 2. The van der Waals surface area contributed by atoms with Crippen molar-refractivity contribution in [3.8, 4) is 5.75 Å². The number of rotatable bonds is 5. The van der Waals surface area contributed by atoms with Gasteiger partial charge in [0.2, 0.25) is 5.95 Å². The maximum absolute atomic E-state index is 13.6. The van der Waals surface area contributed by atoms with Crippen molar-refractivity contribution in [1.29, 1.82) is 0 Å². The summed E-state index contributed by atoms with van der Waals surface area (Å²) >= 11 is 3.59. The van der Waals surface area contributed by atoms with E-state index in [1.165, 1.54) is 0 Å². The molecule has 30 heavy (non-hydrogen) atoms. The first-order valence-corrected chi connectivity index (χ1v) is 10.9. The first kappa shape index (κ1) is 20.5. The minimum Gasteiger partial charge on any atom is -0.496 e. The molecule has 1 aromatic heterocycles. The maximum Gasteiger partial charge on any atom is 0.253 e. The number of nitrogens with zero attached hydrogens (tertiary/aromatic N) is 3. The van der Waals surface area contributed by atoms with Crippen LogP contribution in [0, 0.1) is 0 Å². The van der Waals surface area contributed by atoms with E-state index in [2.05, 4.69) is 25.8 Å². The summed E-state index contributed by atoms with van der Waals surface area (Å²) in [6, 6.07) is 13.5. The molecule has 2 heterocycles. The van der Waals surface area contributed by atoms with Crippen LogP contribution < -0.4 is 10.1 Å². The number of nitrogens with one attached hydrogen (secondary N) is 1. The zero-order valence-corrected chi connectivity index (χ0v) is 19.2. The van der Waals surface area contributed by atoms with Gasteiger partial charge in [0.1, 0.15) is 5.75 Å². The molecular formula is C23H25BrN4O2. The first-order chi connectivity index (χ1) is 14.5. The van der Waals surface area contributed by atoms with Crippen molar-refractivity contribution in [3.05, 3.63) is 63.8 Å². The number of fused-ring (bicyclic) bond motifs is 3. The van der Waals surface area contributed by atoms with E-state index in [1.54, 1.807) is 7.11 Å². The van der Waals surface area contributed by atoms with Gasteiger partial charge in [-0.15, -0.1) is 0 Å². The number of para-hydroxylation sites is 2. The monoisotopic (exact) mass is 468 g/mol. The highest BCUT2D eigenvalue weighted by Crippen LogP contribution is 2.43. The molecule has 0 fully saturated rings. The fraction of sp³-hybridized carbons (Fsp3) is 0.304. The molecule has 1 N–H and O–H groups in total. The van der Waals surface area contributed by atoms with Crippen LogP contribution >= 0.6 is 15.9 Å². The van der Waals surface area contributed by atoms with Gasteiger partial charge in [0.15, 0.2) is 0 Å². The minimum atomic E-state index is -0.366. The van der Waals surface area contributed by atoms with Gasteiger partial charge in [-0.1, -0.05) is 28.1 Å². The van der Waals surface area contributed by atoms with E-state index < -0.39 is 0 Å². The van der Waals surface area contributed by atoms with Crippen molar-refractivity contribution in [2.24, 2.45) is 0 Å². The number of methoxy groups -OCH3 is 1. The van der Waals surface area contributed by atoms with Crippen molar-refractivity contribution in [2.75, 3.05) is 25.5 Å². The number of likely N-dealkylation sites (N-methyl/N-ethyl adjacent to an activating group) is 1. The van der Waals surface area contributed by atoms with Crippen LogP contribution in [0.5, 0.6) is 5.75 Å². The average Bonchev–Trinajstić information content (AvgIpc) is 3.11. The second-order valence-corrected chi connectivity index (χ2v) is 8.14. The molecule has 0 aliphatic carbocycles. The zero-order chi connectivity index (χ0) is 21.4. The summed E-state index contributed by atoms with van der Waals surface area (Å²) in [4.78, 5) is 20.3. The lowest BCUT2D eigenvalue weighted by atomic mass is 9.93. The van der Waals surface area contributed by atoms with Crippen LogP contribution in [-0.4, -0.2) is 40.6 Å². The van der Waals surface area contributed by atoms with Crippen molar-refractivity contribution in [3.63, 3.8) is 0 Å². The molecular weight excluding hydrogens is 444 g/mol. The number of benzene rings is 2. The molecule has 0 bridgehead atoms. The Morgan fingerprint density at radius 2 is 1.97 bits per heavy atom. The summed E-state index contributed by atoms with van der Waals surface area (Å²) in [5.74, 6) is 1.46. The first-order valence-electron chi connectivity index (χ1n) is 10.1.